The van der Waals surface area contributed by atoms with Crippen molar-refractivity contribution in [3.05, 3.63) is 61.4 Å². The van der Waals surface area contributed by atoms with Gasteiger partial charge in [0.05, 0.1) is 6.26 Å². The molecule has 0 bridgehead atoms. The van der Waals surface area contributed by atoms with Crippen LogP contribution in [0.3, 0.4) is 0 Å². The van der Waals surface area contributed by atoms with Crippen LogP contribution in [0.15, 0.2) is 55.8 Å². The number of benzene rings is 1. The van der Waals surface area contributed by atoms with Crippen LogP contribution in [0.4, 0.5) is 0 Å². The number of ether oxygens (including phenoxy) is 1. The van der Waals surface area contributed by atoms with Crippen molar-refractivity contribution in [2.24, 2.45) is 0 Å². The van der Waals surface area contributed by atoms with Gasteiger partial charge >= 0.3 is 0 Å². The quantitative estimate of drug-likeness (QED) is 0.486. The first kappa shape index (κ1) is 8.60. The molecule has 0 amide bonds. The predicted molar refractivity (Wildman–Crippen MR) is 50.7 cm³/mol. The van der Waals surface area contributed by atoms with Crippen LogP contribution in [0.2, 0.25) is 0 Å². The highest BCUT2D eigenvalue weighted by atomic mass is 16.5. The summed E-state index contributed by atoms with van der Waals surface area (Å²) in [7, 11) is 0. The SMILES string of the molecule is C=CO[C@@H](C=C)c1ccccc1. The maximum absolute atomic E-state index is 5.22. The summed E-state index contributed by atoms with van der Waals surface area (Å²) in [6.07, 6.45) is 3.10. The van der Waals surface area contributed by atoms with Gasteiger partial charge in [0, 0.05) is 0 Å². The molecule has 1 heteroatoms. The minimum absolute atomic E-state index is 0.0799. The molecule has 62 valence electrons. The third kappa shape index (κ3) is 1.99. The summed E-state index contributed by atoms with van der Waals surface area (Å²) in [6.45, 7) is 7.19. The molecular weight excluding hydrogens is 148 g/mol. The third-order valence-corrected chi connectivity index (χ3v) is 1.59. The molecule has 0 unspecified atom stereocenters. The van der Waals surface area contributed by atoms with E-state index in [0.29, 0.717) is 0 Å². The zero-order valence-corrected chi connectivity index (χ0v) is 6.94. The molecule has 0 aliphatic carbocycles. The lowest BCUT2D eigenvalue weighted by Gasteiger charge is -2.11. The van der Waals surface area contributed by atoms with E-state index in [1.807, 2.05) is 30.3 Å². The van der Waals surface area contributed by atoms with Gasteiger partial charge in [0.15, 0.2) is 0 Å². The average molecular weight is 160 g/mol. The van der Waals surface area contributed by atoms with Crippen molar-refractivity contribution in [2.45, 2.75) is 6.10 Å². The van der Waals surface area contributed by atoms with Gasteiger partial charge in [0.25, 0.3) is 0 Å². The minimum atomic E-state index is -0.0799. The van der Waals surface area contributed by atoms with Gasteiger partial charge in [-0.1, -0.05) is 43.5 Å². The van der Waals surface area contributed by atoms with Gasteiger partial charge in [0.2, 0.25) is 0 Å². The van der Waals surface area contributed by atoms with Gasteiger partial charge in [-0.25, -0.2) is 0 Å². The molecule has 0 heterocycles. The van der Waals surface area contributed by atoms with E-state index >= 15 is 0 Å². The lowest BCUT2D eigenvalue weighted by Crippen LogP contribution is -1.95. The first-order valence-electron chi connectivity index (χ1n) is 3.82. The molecule has 1 nitrogen and oxygen atoms in total. The summed E-state index contributed by atoms with van der Waals surface area (Å²) in [5.41, 5.74) is 1.09. The molecular formula is C11H12O. The van der Waals surface area contributed by atoms with Crippen molar-refractivity contribution in [3.63, 3.8) is 0 Å². The van der Waals surface area contributed by atoms with Crippen LogP contribution in [0.1, 0.15) is 11.7 Å². The first-order chi connectivity index (χ1) is 5.88. The second kappa shape index (κ2) is 4.39. The Bertz CT molecular complexity index is 251. The lowest BCUT2D eigenvalue weighted by molar-refractivity contribution is 0.191. The van der Waals surface area contributed by atoms with E-state index in [4.69, 9.17) is 4.74 Å². The van der Waals surface area contributed by atoms with Crippen molar-refractivity contribution in [1.29, 1.82) is 0 Å². The highest BCUT2D eigenvalue weighted by molar-refractivity contribution is 5.20. The average Bonchev–Trinajstić information content (AvgIpc) is 2.15. The summed E-state index contributed by atoms with van der Waals surface area (Å²) in [4.78, 5) is 0. The summed E-state index contributed by atoms with van der Waals surface area (Å²) in [6, 6.07) is 9.90. The van der Waals surface area contributed by atoms with Crippen molar-refractivity contribution in [3.8, 4) is 0 Å². The summed E-state index contributed by atoms with van der Waals surface area (Å²) < 4.78 is 5.22. The van der Waals surface area contributed by atoms with Gasteiger partial charge in [-0.3, -0.25) is 0 Å². The molecule has 0 aliphatic rings. The van der Waals surface area contributed by atoms with Crippen LogP contribution in [0.5, 0.6) is 0 Å². The number of rotatable bonds is 4. The molecule has 1 aromatic rings. The Labute approximate surface area is 73.0 Å². The largest absolute Gasteiger partial charge is 0.490 e. The molecule has 1 rings (SSSR count). The second-order valence-electron chi connectivity index (χ2n) is 2.37. The first-order valence-corrected chi connectivity index (χ1v) is 3.82. The smallest absolute Gasteiger partial charge is 0.141 e. The Morgan fingerprint density at radius 1 is 1.17 bits per heavy atom. The van der Waals surface area contributed by atoms with Gasteiger partial charge < -0.3 is 4.74 Å². The topological polar surface area (TPSA) is 9.23 Å². The van der Waals surface area contributed by atoms with Crippen LogP contribution in [0.25, 0.3) is 0 Å². The standard InChI is InChI=1S/C11H12O/c1-3-11(12-4-2)10-8-6-5-7-9-10/h3-9,11H,1-2H2/t11-/m0/s1. The van der Waals surface area contributed by atoms with Crippen LogP contribution < -0.4 is 0 Å². The van der Waals surface area contributed by atoms with E-state index in [1.54, 1.807) is 6.08 Å². The molecule has 1 atom stereocenters. The van der Waals surface area contributed by atoms with E-state index in [1.165, 1.54) is 6.26 Å². The number of hydrogen-bond acceptors (Lipinski definition) is 1. The maximum Gasteiger partial charge on any atom is 0.141 e. The van der Waals surface area contributed by atoms with E-state index < -0.39 is 0 Å². The van der Waals surface area contributed by atoms with E-state index in [9.17, 15) is 0 Å². The highest BCUT2D eigenvalue weighted by Crippen LogP contribution is 2.17. The van der Waals surface area contributed by atoms with Gasteiger partial charge in [0.1, 0.15) is 6.10 Å². The molecule has 0 aromatic heterocycles. The van der Waals surface area contributed by atoms with Crippen molar-refractivity contribution >= 4 is 0 Å². The lowest BCUT2D eigenvalue weighted by atomic mass is 10.1. The maximum atomic E-state index is 5.22. The second-order valence-corrected chi connectivity index (χ2v) is 2.37. The minimum Gasteiger partial charge on any atom is -0.490 e. The van der Waals surface area contributed by atoms with Gasteiger partial charge in [-0.2, -0.15) is 0 Å². The van der Waals surface area contributed by atoms with Crippen LogP contribution in [-0.2, 0) is 4.74 Å². The Morgan fingerprint density at radius 3 is 2.33 bits per heavy atom. The Morgan fingerprint density at radius 2 is 1.83 bits per heavy atom. The fourth-order valence-electron chi connectivity index (χ4n) is 1.02. The predicted octanol–water partition coefficient (Wildman–Crippen LogP) is 3.07. The fraction of sp³-hybridized carbons (Fsp3) is 0.0909. The molecule has 12 heavy (non-hydrogen) atoms. The number of hydrogen-bond donors (Lipinski definition) is 0. The van der Waals surface area contributed by atoms with E-state index in [2.05, 4.69) is 13.2 Å². The Hall–Kier alpha value is -1.50. The molecule has 0 spiro atoms. The Kier molecular flexibility index (Phi) is 3.15. The normalized spacial score (nSPS) is 11.7. The summed E-state index contributed by atoms with van der Waals surface area (Å²) in [5, 5.41) is 0. The van der Waals surface area contributed by atoms with Crippen LogP contribution in [0, 0.1) is 0 Å². The van der Waals surface area contributed by atoms with Gasteiger partial charge in [-0.05, 0) is 11.6 Å². The van der Waals surface area contributed by atoms with Gasteiger partial charge in [-0.15, -0.1) is 0 Å². The van der Waals surface area contributed by atoms with E-state index in [-0.39, 0.29) is 6.10 Å². The molecule has 0 saturated heterocycles. The highest BCUT2D eigenvalue weighted by Gasteiger charge is 2.03. The monoisotopic (exact) mass is 160 g/mol. The zero-order valence-electron chi connectivity index (χ0n) is 6.94. The molecule has 1 aromatic carbocycles. The fourth-order valence-corrected chi connectivity index (χ4v) is 1.02. The molecule has 0 saturated carbocycles. The van der Waals surface area contributed by atoms with E-state index in [0.717, 1.165) is 5.56 Å². The Balaban J connectivity index is 2.79. The van der Waals surface area contributed by atoms with Crippen LogP contribution >= 0.6 is 0 Å². The van der Waals surface area contributed by atoms with Crippen molar-refractivity contribution < 1.29 is 4.74 Å². The van der Waals surface area contributed by atoms with Crippen molar-refractivity contribution in [2.75, 3.05) is 0 Å². The van der Waals surface area contributed by atoms with Crippen molar-refractivity contribution in [1.82, 2.24) is 0 Å². The zero-order chi connectivity index (χ0) is 8.81. The third-order valence-electron chi connectivity index (χ3n) is 1.59. The molecule has 0 aliphatic heterocycles. The molecule has 0 N–H and O–H groups in total. The molecule has 0 radical (unpaired) electrons. The van der Waals surface area contributed by atoms with Crippen LogP contribution in [-0.4, -0.2) is 0 Å². The summed E-state index contributed by atoms with van der Waals surface area (Å²) >= 11 is 0. The molecule has 0 fully saturated rings. The summed E-state index contributed by atoms with van der Waals surface area (Å²) in [5.74, 6) is 0.